The summed E-state index contributed by atoms with van der Waals surface area (Å²) in [5.41, 5.74) is 7.58. The molecule has 4 rings (SSSR count). The lowest BCUT2D eigenvalue weighted by atomic mass is 9.96. The largest absolute Gasteiger partial charge is 0.486 e. The first-order valence-electron chi connectivity index (χ1n) is 8.36. The highest BCUT2D eigenvalue weighted by atomic mass is 32.2. The summed E-state index contributed by atoms with van der Waals surface area (Å²) in [6.07, 6.45) is 3.38. The maximum atomic E-state index is 9.83. The van der Waals surface area contributed by atoms with Gasteiger partial charge in [0.25, 0.3) is 0 Å². The minimum Gasteiger partial charge on any atom is -0.486 e. The summed E-state index contributed by atoms with van der Waals surface area (Å²) in [5, 5.41) is 19.9. The molecule has 0 amide bonds. The molecule has 0 atom stereocenters. The lowest BCUT2D eigenvalue weighted by molar-refractivity contribution is 0.171. The Labute approximate surface area is 164 Å². The lowest BCUT2D eigenvalue weighted by Crippen LogP contribution is -2.15. The summed E-state index contributed by atoms with van der Waals surface area (Å²) in [5.74, 6) is 2.51. The molecule has 0 radical (unpaired) electrons. The van der Waals surface area contributed by atoms with Crippen LogP contribution in [0.1, 0.15) is 17.0 Å². The molecule has 8 nitrogen and oxygen atoms in total. The van der Waals surface area contributed by atoms with Crippen LogP contribution in [0.2, 0.25) is 0 Å². The van der Waals surface area contributed by atoms with Gasteiger partial charge in [-0.05, 0) is 17.7 Å². The number of fused-ring (bicyclic) bond motifs is 1. The number of H-pyrrole nitrogens is 1. The van der Waals surface area contributed by atoms with Gasteiger partial charge in [-0.1, -0.05) is 17.8 Å². The summed E-state index contributed by atoms with van der Waals surface area (Å²) in [6, 6.07) is 9.56. The average molecular weight is 390 g/mol. The number of hydrogen-bond donors (Lipinski definition) is 2. The van der Waals surface area contributed by atoms with Gasteiger partial charge in [0.15, 0.2) is 11.5 Å². The van der Waals surface area contributed by atoms with E-state index in [0.717, 1.165) is 5.82 Å². The Morgan fingerprint density at radius 1 is 1.14 bits per heavy atom. The Hall–Kier alpha value is -3.69. The predicted octanol–water partition coefficient (Wildman–Crippen LogP) is 2.86. The number of nitrogens with zero attached hydrogens (tertiary/aromatic N) is 4. The molecule has 0 bridgehead atoms. The third kappa shape index (κ3) is 3.20. The van der Waals surface area contributed by atoms with Crippen LogP contribution in [0.4, 0.5) is 5.82 Å². The van der Waals surface area contributed by atoms with Crippen LogP contribution in [0.25, 0.3) is 11.1 Å². The number of imidazole rings is 1. The minimum absolute atomic E-state index is 0.0772. The van der Waals surface area contributed by atoms with Crippen molar-refractivity contribution in [2.75, 3.05) is 18.9 Å². The highest BCUT2D eigenvalue weighted by Gasteiger charge is 2.22. The van der Waals surface area contributed by atoms with Crippen LogP contribution in [-0.4, -0.2) is 28.2 Å². The average Bonchev–Trinajstić information content (AvgIpc) is 3.25. The number of nitrogens with one attached hydrogen (secondary N) is 1. The van der Waals surface area contributed by atoms with Crippen molar-refractivity contribution in [2.24, 2.45) is 0 Å². The van der Waals surface area contributed by atoms with Crippen molar-refractivity contribution in [3.05, 3.63) is 47.5 Å². The van der Waals surface area contributed by atoms with E-state index in [0.29, 0.717) is 52.2 Å². The number of nitrogen functional groups attached to an aromatic ring is 1. The smallest absolute Gasteiger partial charge is 0.161 e. The molecule has 0 fully saturated rings. The summed E-state index contributed by atoms with van der Waals surface area (Å²) in [7, 11) is 0. The Balaban J connectivity index is 1.83. The van der Waals surface area contributed by atoms with Gasteiger partial charge in [-0.3, -0.25) is 0 Å². The summed E-state index contributed by atoms with van der Waals surface area (Å²) < 4.78 is 11.2. The molecular weight excluding hydrogens is 376 g/mol. The molecule has 138 valence electrons. The second-order valence-electron chi connectivity index (χ2n) is 5.83. The molecule has 1 aromatic carbocycles. The van der Waals surface area contributed by atoms with Gasteiger partial charge in [0.1, 0.15) is 47.6 Å². The van der Waals surface area contributed by atoms with E-state index in [2.05, 4.69) is 27.1 Å². The Bertz CT molecular complexity index is 1110. The van der Waals surface area contributed by atoms with E-state index in [9.17, 15) is 10.5 Å². The number of nitrogens with two attached hydrogens (primary N) is 1. The molecule has 0 saturated carbocycles. The standard InChI is InChI=1S/C19H14N6O2S/c20-8-12-17(11-1-2-14-15(7-11)27-6-5-26-14)13(9-21)19(25-18(12)22)28-10-16-23-3-4-24-16/h1-4,7H,5-6,10H2,(H2,22,25)(H,23,24). The number of hydrogen-bond acceptors (Lipinski definition) is 8. The SMILES string of the molecule is N#Cc1c(N)nc(SCc2ncc[nH]2)c(C#N)c1-c1ccc2c(c1)OCCO2. The van der Waals surface area contributed by atoms with Crippen molar-refractivity contribution in [3.63, 3.8) is 0 Å². The van der Waals surface area contributed by atoms with Gasteiger partial charge in [-0.25, -0.2) is 9.97 Å². The molecule has 0 saturated heterocycles. The normalized spacial score (nSPS) is 12.2. The van der Waals surface area contributed by atoms with Crippen LogP contribution < -0.4 is 15.2 Å². The van der Waals surface area contributed by atoms with Gasteiger partial charge in [0.05, 0.1) is 11.3 Å². The van der Waals surface area contributed by atoms with Gasteiger partial charge in [0.2, 0.25) is 0 Å². The summed E-state index contributed by atoms with van der Waals surface area (Å²) in [4.78, 5) is 11.5. The van der Waals surface area contributed by atoms with Gasteiger partial charge >= 0.3 is 0 Å². The van der Waals surface area contributed by atoms with Crippen LogP contribution in [0.15, 0.2) is 35.6 Å². The molecule has 1 aliphatic rings. The van der Waals surface area contributed by atoms with E-state index in [4.69, 9.17) is 15.2 Å². The third-order valence-corrected chi connectivity index (χ3v) is 5.13. The molecule has 0 aliphatic carbocycles. The predicted molar refractivity (Wildman–Crippen MR) is 103 cm³/mol. The zero-order chi connectivity index (χ0) is 19.5. The third-order valence-electron chi connectivity index (χ3n) is 4.15. The zero-order valence-corrected chi connectivity index (χ0v) is 15.4. The molecule has 3 heterocycles. The molecule has 0 spiro atoms. The Kier molecular flexibility index (Phi) is 4.75. The van der Waals surface area contributed by atoms with Crippen molar-refractivity contribution in [1.29, 1.82) is 10.5 Å². The molecule has 0 unspecified atom stereocenters. The Morgan fingerprint density at radius 2 is 1.93 bits per heavy atom. The van der Waals surface area contributed by atoms with Crippen LogP contribution in [-0.2, 0) is 5.75 Å². The topological polar surface area (TPSA) is 134 Å². The molecule has 3 N–H and O–H groups in total. The number of aromatic amines is 1. The zero-order valence-electron chi connectivity index (χ0n) is 14.6. The van der Waals surface area contributed by atoms with Crippen LogP contribution in [0.5, 0.6) is 11.5 Å². The summed E-state index contributed by atoms with van der Waals surface area (Å²) >= 11 is 1.33. The van der Waals surface area contributed by atoms with Gasteiger partial charge < -0.3 is 20.2 Å². The fraction of sp³-hybridized carbons (Fsp3) is 0.158. The van der Waals surface area contributed by atoms with E-state index < -0.39 is 0 Å². The van der Waals surface area contributed by atoms with E-state index in [-0.39, 0.29) is 11.4 Å². The first kappa shape index (κ1) is 17.7. The molecule has 1 aliphatic heterocycles. The maximum Gasteiger partial charge on any atom is 0.161 e. The number of rotatable bonds is 4. The quantitative estimate of drug-likeness (QED) is 0.650. The number of pyridine rings is 1. The van der Waals surface area contributed by atoms with Crippen molar-refractivity contribution in [2.45, 2.75) is 10.8 Å². The molecule has 9 heteroatoms. The molecule has 28 heavy (non-hydrogen) atoms. The van der Waals surface area contributed by atoms with Gasteiger partial charge in [0, 0.05) is 18.0 Å². The van der Waals surface area contributed by atoms with Crippen molar-refractivity contribution in [3.8, 4) is 34.8 Å². The first-order valence-corrected chi connectivity index (χ1v) is 9.34. The van der Waals surface area contributed by atoms with E-state index >= 15 is 0 Å². The fourth-order valence-corrected chi connectivity index (χ4v) is 3.79. The van der Waals surface area contributed by atoms with E-state index in [1.54, 1.807) is 30.6 Å². The molecule has 3 aromatic rings. The van der Waals surface area contributed by atoms with Gasteiger partial charge in [-0.15, -0.1) is 0 Å². The number of anilines is 1. The second-order valence-corrected chi connectivity index (χ2v) is 6.80. The highest BCUT2D eigenvalue weighted by Crippen LogP contribution is 2.40. The van der Waals surface area contributed by atoms with E-state index in [1.807, 2.05) is 0 Å². The molecular formula is C19H14N6O2S. The summed E-state index contributed by atoms with van der Waals surface area (Å²) in [6.45, 7) is 0.921. The van der Waals surface area contributed by atoms with Crippen molar-refractivity contribution >= 4 is 17.6 Å². The first-order chi connectivity index (χ1) is 13.7. The fourth-order valence-electron chi connectivity index (χ4n) is 2.90. The Morgan fingerprint density at radius 3 is 2.64 bits per heavy atom. The maximum absolute atomic E-state index is 9.83. The van der Waals surface area contributed by atoms with Crippen LogP contribution >= 0.6 is 11.8 Å². The highest BCUT2D eigenvalue weighted by molar-refractivity contribution is 7.98. The minimum atomic E-state index is 0.0772. The number of nitriles is 2. The number of benzene rings is 1. The monoisotopic (exact) mass is 390 g/mol. The number of aromatic nitrogens is 3. The van der Waals surface area contributed by atoms with E-state index in [1.165, 1.54) is 11.8 Å². The van der Waals surface area contributed by atoms with Crippen LogP contribution in [0.3, 0.4) is 0 Å². The number of thioether (sulfide) groups is 1. The lowest BCUT2D eigenvalue weighted by Gasteiger charge is -2.20. The number of ether oxygens (including phenoxy) is 2. The van der Waals surface area contributed by atoms with Crippen LogP contribution in [0, 0.1) is 22.7 Å². The second kappa shape index (κ2) is 7.51. The van der Waals surface area contributed by atoms with Gasteiger partial charge in [-0.2, -0.15) is 10.5 Å². The van der Waals surface area contributed by atoms with Crippen molar-refractivity contribution in [1.82, 2.24) is 15.0 Å². The molecule has 2 aromatic heterocycles. The van der Waals surface area contributed by atoms with Crippen molar-refractivity contribution < 1.29 is 9.47 Å².